The second-order valence-electron chi connectivity index (χ2n) is 4.09. The molecule has 0 unspecified atom stereocenters. The molecule has 20 heavy (non-hydrogen) atoms. The van der Waals surface area contributed by atoms with Gasteiger partial charge in [-0.15, -0.1) is 0 Å². The maximum atomic E-state index is 10.8. The van der Waals surface area contributed by atoms with Gasteiger partial charge < -0.3 is 9.84 Å². The molecular formula is C15H11BrO4. The number of aromatic carboxylic acids is 1. The summed E-state index contributed by atoms with van der Waals surface area (Å²) in [6.07, 6.45) is 0.769. The zero-order valence-corrected chi connectivity index (χ0v) is 12.0. The van der Waals surface area contributed by atoms with Crippen LogP contribution in [0, 0.1) is 0 Å². The second kappa shape index (κ2) is 6.34. The van der Waals surface area contributed by atoms with E-state index in [2.05, 4.69) is 15.9 Å². The fourth-order valence-electron chi connectivity index (χ4n) is 1.60. The van der Waals surface area contributed by atoms with Crippen molar-refractivity contribution in [3.05, 3.63) is 63.6 Å². The molecule has 102 valence electrons. The number of benzene rings is 2. The first-order chi connectivity index (χ1) is 9.60. The Bertz CT molecular complexity index is 635. The molecule has 0 spiro atoms. The summed E-state index contributed by atoms with van der Waals surface area (Å²) in [6.45, 7) is 0.306. The Morgan fingerprint density at radius 3 is 2.45 bits per heavy atom. The fraction of sp³-hybridized carbons (Fsp3) is 0.0667. The van der Waals surface area contributed by atoms with E-state index in [1.165, 1.54) is 12.1 Å². The van der Waals surface area contributed by atoms with Gasteiger partial charge in [-0.05, 0) is 36.4 Å². The first kappa shape index (κ1) is 14.3. The van der Waals surface area contributed by atoms with Crippen molar-refractivity contribution < 1.29 is 19.4 Å². The molecule has 0 saturated heterocycles. The first-order valence-corrected chi connectivity index (χ1v) is 6.59. The van der Waals surface area contributed by atoms with E-state index < -0.39 is 5.97 Å². The average molecular weight is 335 g/mol. The summed E-state index contributed by atoms with van der Waals surface area (Å²) in [5.74, 6) is -0.326. The van der Waals surface area contributed by atoms with E-state index in [1.807, 2.05) is 0 Å². The lowest BCUT2D eigenvalue weighted by atomic mass is 10.1. The number of hydrogen-bond donors (Lipinski definition) is 1. The predicted octanol–water partition coefficient (Wildman–Crippen LogP) is 3.54. The van der Waals surface area contributed by atoms with Crippen LogP contribution in [-0.4, -0.2) is 17.4 Å². The molecule has 0 aliphatic carbocycles. The van der Waals surface area contributed by atoms with Crippen LogP contribution >= 0.6 is 15.9 Å². The molecule has 4 nitrogen and oxygen atoms in total. The van der Waals surface area contributed by atoms with Crippen LogP contribution < -0.4 is 4.74 Å². The maximum Gasteiger partial charge on any atom is 0.335 e. The summed E-state index contributed by atoms with van der Waals surface area (Å²) >= 11 is 3.32. The summed E-state index contributed by atoms with van der Waals surface area (Å²) in [6, 6.07) is 11.5. The van der Waals surface area contributed by atoms with Crippen molar-refractivity contribution in [3.63, 3.8) is 0 Å². The summed E-state index contributed by atoms with van der Waals surface area (Å²) in [5.41, 5.74) is 1.65. The zero-order chi connectivity index (χ0) is 14.5. The highest BCUT2D eigenvalue weighted by Gasteiger charge is 2.07. The van der Waals surface area contributed by atoms with Gasteiger partial charge in [0.05, 0.1) is 5.56 Å². The third-order valence-corrected chi connectivity index (χ3v) is 3.45. The van der Waals surface area contributed by atoms with Crippen LogP contribution in [0.2, 0.25) is 0 Å². The largest absolute Gasteiger partial charge is 0.489 e. The van der Waals surface area contributed by atoms with Crippen molar-refractivity contribution >= 4 is 28.2 Å². The minimum Gasteiger partial charge on any atom is -0.489 e. The lowest BCUT2D eigenvalue weighted by Crippen LogP contribution is -2.00. The van der Waals surface area contributed by atoms with Gasteiger partial charge in [0.1, 0.15) is 18.6 Å². The lowest BCUT2D eigenvalue weighted by molar-refractivity contribution is 0.0696. The van der Waals surface area contributed by atoms with E-state index >= 15 is 0 Å². The van der Waals surface area contributed by atoms with Crippen molar-refractivity contribution in [1.29, 1.82) is 0 Å². The molecule has 0 amide bonds. The van der Waals surface area contributed by atoms with Gasteiger partial charge in [-0.2, -0.15) is 0 Å². The number of ether oxygens (including phenoxy) is 1. The van der Waals surface area contributed by atoms with Gasteiger partial charge in [0.2, 0.25) is 0 Å². The molecule has 2 aromatic rings. The standard InChI is InChI=1S/C15H11BrO4/c16-14-7-11(15(18)19)3-4-12(14)9-20-13-5-1-10(8-17)2-6-13/h1-8H,9H2,(H,18,19). The molecule has 5 heteroatoms. The monoisotopic (exact) mass is 334 g/mol. The van der Waals surface area contributed by atoms with Gasteiger partial charge in [-0.25, -0.2) is 4.79 Å². The summed E-state index contributed by atoms with van der Waals surface area (Å²) in [5, 5.41) is 8.88. The lowest BCUT2D eigenvalue weighted by Gasteiger charge is -2.08. The molecule has 1 N–H and O–H groups in total. The molecule has 0 aliphatic rings. The number of carbonyl (C=O) groups excluding carboxylic acids is 1. The molecule has 0 heterocycles. The van der Waals surface area contributed by atoms with Gasteiger partial charge in [0.25, 0.3) is 0 Å². The van der Waals surface area contributed by atoms with Crippen LogP contribution in [-0.2, 0) is 6.61 Å². The molecular weight excluding hydrogens is 324 g/mol. The molecule has 0 aromatic heterocycles. The topological polar surface area (TPSA) is 63.6 Å². The Balaban J connectivity index is 2.06. The molecule has 2 aromatic carbocycles. The average Bonchev–Trinajstić information content (AvgIpc) is 2.46. The normalized spacial score (nSPS) is 10.1. The molecule has 0 saturated carbocycles. The smallest absolute Gasteiger partial charge is 0.335 e. The van der Waals surface area contributed by atoms with Crippen LogP contribution in [0.4, 0.5) is 0 Å². The summed E-state index contributed by atoms with van der Waals surface area (Å²) < 4.78 is 6.26. The van der Waals surface area contributed by atoms with Gasteiger partial charge >= 0.3 is 5.97 Å². The van der Waals surface area contributed by atoms with Crippen LogP contribution in [0.1, 0.15) is 26.3 Å². The van der Waals surface area contributed by atoms with Gasteiger partial charge in [0.15, 0.2) is 0 Å². The number of aldehydes is 1. The van der Waals surface area contributed by atoms with Crippen molar-refractivity contribution in [2.75, 3.05) is 0 Å². The minimum absolute atomic E-state index is 0.218. The fourth-order valence-corrected chi connectivity index (χ4v) is 2.09. The minimum atomic E-state index is -0.970. The van der Waals surface area contributed by atoms with Gasteiger partial charge in [0, 0.05) is 15.6 Å². The number of carbonyl (C=O) groups is 2. The molecule has 0 aliphatic heterocycles. The van der Waals surface area contributed by atoms with Crippen molar-refractivity contribution in [3.8, 4) is 5.75 Å². The highest BCUT2D eigenvalue weighted by molar-refractivity contribution is 9.10. The number of hydrogen-bond acceptors (Lipinski definition) is 3. The van der Waals surface area contributed by atoms with E-state index in [0.717, 1.165) is 11.8 Å². The van der Waals surface area contributed by atoms with E-state index in [1.54, 1.807) is 30.3 Å². The van der Waals surface area contributed by atoms with Crippen LogP contribution in [0.15, 0.2) is 46.9 Å². The van der Waals surface area contributed by atoms with Crippen molar-refractivity contribution in [2.45, 2.75) is 6.61 Å². The number of carboxylic acid groups (broad SMARTS) is 1. The summed E-state index contributed by atoms with van der Waals surface area (Å²) in [7, 11) is 0. The van der Waals surface area contributed by atoms with E-state index in [9.17, 15) is 9.59 Å². The van der Waals surface area contributed by atoms with Gasteiger partial charge in [-0.1, -0.05) is 22.0 Å². The van der Waals surface area contributed by atoms with Gasteiger partial charge in [-0.3, -0.25) is 4.79 Å². The van der Waals surface area contributed by atoms with Crippen LogP contribution in [0.5, 0.6) is 5.75 Å². The predicted molar refractivity (Wildman–Crippen MR) is 77.3 cm³/mol. The molecule has 2 rings (SSSR count). The Morgan fingerprint density at radius 2 is 1.90 bits per heavy atom. The molecule has 0 fully saturated rings. The van der Waals surface area contributed by atoms with E-state index in [-0.39, 0.29) is 5.56 Å². The molecule has 0 radical (unpaired) electrons. The molecule has 0 atom stereocenters. The third kappa shape index (κ3) is 3.45. The highest BCUT2D eigenvalue weighted by atomic mass is 79.9. The van der Waals surface area contributed by atoms with Crippen LogP contribution in [0.25, 0.3) is 0 Å². The van der Waals surface area contributed by atoms with E-state index in [0.29, 0.717) is 22.4 Å². The van der Waals surface area contributed by atoms with Crippen LogP contribution in [0.3, 0.4) is 0 Å². The first-order valence-electron chi connectivity index (χ1n) is 5.80. The third-order valence-electron chi connectivity index (χ3n) is 2.71. The Hall–Kier alpha value is -2.14. The second-order valence-corrected chi connectivity index (χ2v) is 4.94. The Kier molecular flexibility index (Phi) is 4.53. The quantitative estimate of drug-likeness (QED) is 0.849. The number of rotatable bonds is 5. The zero-order valence-electron chi connectivity index (χ0n) is 10.4. The maximum absolute atomic E-state index is 10.8. The van der Waals surface area contributed by atoms with E-state index in [4.69, 9.17) is 9.84 Å². The summed E-state index contributed by atoms with van der Waals surface area (Å²) in [4.78, 5) is 21.4. The van der Waals surface area contributed by atoms with Crippen molar-refractivity contribution in [2.24, 2.45) is 0 Å². The number of carboxylic acids is 1. The highest BCUT2D eigenvalue weighted by Crippen LogP contribution is 2.21. The number of halogens is 1. The Labute approximate surface area is 124 Å². The SMILES string of the molecule is O=Cc1ccc(OCc2ccc(C(=O)O)cc2Br)cc1. The Morgan fingerprint density at radius 1 is 1.20 bits per heavy atom. The van der Waals surface area contributed by atoms with Crippen molar-refractivity contribution in [1.82, 2.24) is 0 Å². The molecule has 0 bridgehead atoms.